The van der Waals surface area contributed by atoms with Crippen LogP contribution in [0.2, 0.25) is 0 Å². The summed E-state index contributed by atoms with van der Waals surface area (Å²) in [6.45, 7) is 3.85. The SMILES string of the molecule is CCCCCCCCCCCCCCCCCCCCCCCCCCCCCCCCC(=O)OC[C@H](COP(=O)(O)OCCN)OC(=O)CCCCCCCCCCCCCCCCCCCCCCCCCCCCCCCC. The van der Waals surface area contributed by atoms with E-state index in [2.05, 4.69) is 13.8 Å². The number of esters is 2. The Balaban J connectivity index is 3.77. The lowest BCUT2D eigenvalue weighted by Gasteiger charge is -2.19. The molecule has 9 nitrogen and oxygen atoms in total. The third-order valence-corrected chi connectivity index (χ3v) is 18.0. The summed E-state index contributed by atoms with van der Waals surface area (Å²) in [4.78, 5) is 35.4. The first-order chi connectivity index (χ1) is 39.8. The fourth-order valence-electron chi connectivity index (χ4n) is 11.6. The van der Waals surface area contributed by atoms with Crippen molar-refractivity contribution in [2.24, 2.45) is 5.73 Å². The Bertz CT molecular complexity index is 1290. The molecule has 0 saturated carbocycles. The maximum atomic E-state index is 12.8. The van der Waals surface area contributed by atoms with Crippen molar-refractivity contribution < 1.29 is 37.6 Å². The van der Waals surface area contributed by atoms with Crippen molar-refractivity contribution in [2.75, 3.05) is 26.4 Å². The number of carbonyl (C=O) groups is 2. The van der Waals surface area contributed by atoms with Crippen molar-refractivity contribution in [3.63, 3.8) is 0 Å². The fourth-order valence-corrected chi connectivity index (χ4v) is 12.4. The van der Waals surface area contributed by atoms with Crippen molar-refractivity contribution in [1.82, 2.24) is 0 Å². The van der Waals surface area contributed by atoms with Gasteiger partial charge in [0.25, 0.3) is 0 Å². The highest BCUT2D eigenvalue weighted by Crippen LogP contribution is 2.43. The van der Waals surface area contributed by atoms with Crippen LogP contribution in [0.3, 0.4) is 0 Å². The van der Waals surface area contributed by atoms with E-state index in [9.17, 15) is 19.0 Å². The molecule has 0 fully saturated rings. The molecule has 0 amide bonds. The Hall–Kier alpha value is -0.990. The average Bonchev–Trinajstić information content (AvgIpc) is 3.46. The van der Waals surface area contributed by atoms with Crippen LogP contribution in [0.1, 0.15) is 412 Å². The van der Waals surface area contributed by atoms with Crippen LogP contribution >= 0.6 is 7.82 Å². The highest BCUT2D eigenvalue weighted by Gasteiger charge is 2.26. The van der Waals surface area contributed by atoms with Crippen molar-refractivity contribution in [1.29, 1.82) is 0 Å². The molecule has 0 aromatic carbocycles. The van der Waals surface area contributed by atoms with Crippen LogP contribution in [0.25, 0.3) is 0 Å². The van der Waals surface area contributed by atoms with Crippen LogP contribution in [0.5, 0.6) is 0 Å². The number of hydrogen-bond acceptors (Lipinski definition) is 8. The summed E-state index contributed by atoms with van der Waals surface area (Å²) in [5, 5.41) is 0. The number of rotatable bonds is 71. The molecule has 3 N–H and O–H groups in total. The summed E-state index contributed by atoms with van der Waals surface area (Å²) >= 11 is 0. The molecule has 0 radical (unpaired) electrons. The van der Waals surface area contributed by atoms with Gasteiger partial charge in [-0.15, -0.1) is 0 Å². The Labute approximate surface area is 505 Å². The molecule has 0 aromatic heterocycles. The predicted octanol–water partition coefficient (Wildman–Crippen LogP) is 23.8. The highest BCUT2D eigenvalue weighted by atomic mass is 31.2. The summed E-state index contributed by atoms with van der Waals surface area (Å²) in [5.74, 6) is -0.796. The van der Waals surface area contributed by atoms with Gasteiger partial charge in [0.15, 0.2) is 6.10 Å². The Kier molecular flexibility index (Phi) is 67.3. The summed E-state index contributed by atoms with van der Waals surface area (Å²) in [5.41, 5.74) is 5.41. The highest BCUT2D eigenvalue weighted by molar-refractivity contribution is 7.47. The normalized spacial score (nSPS) is 12.8. The summed E-state index contributed by atoms with van der Waals surface area (Å²) in [6.07, 6.45) is 80.8. The van der Waals surface area contributed by atoms with Gasteiger partial charge >= 0.3 is 19.8 Å². The van der Waals surface area contributed by atoms with Gasteiger partial charge in [0.2, 0.25) is 0 Å². The Morgan fingerprint density at radius 2 is 0.531 bits per heavy atom. The van der Waals surface area contributed by atoms with E-state index >= 15 is 0 Å². The second-order valence-electron chi connectivity index (χ2n) is 25.2. The first-order valence-electron chi connectivity index (χ1n) is 36.5. The van der Waals surface area contributed by atoms with Crippen LogP contribution in [-0.2, 0) is 32.7 Å². The molecular formula is C71H142NO8P. The van der Waals surface area contributed by atoms with Gasteiger partial charge in [-0.05, 0) is 12.8 Å². The van der Waals surface area contributed by atoms with E-state index in [0.717, 1.165) is 32.1 Å². The quantitative estimate of drug-likeness (QED) is 0.0347. The monoisotopic (exact) mass is 1170 g/mol. The predicted molar refractivity (Wildman–Crippen MR) is 349 cm³/mol. The molecule has 0 aromatic rings. The number of nitrogens with two attached hydrogens (primary N) is 1. The van der Waals surface area contributed by atoms with E-state index in [1.807, 2.05) is 0 Å². The lowest BCUT2D eigenvalue weighted by molar-refractivity contribution is -0.161. The van der Waals surface area contributed by atoms with Crippen LogP contribution in [0, 0.1) is 0 Å². The van der Waals surface area contributed by atoms with Crippen molar-refractivity contribution >= 4 is 19.8 Å². The molecular weight excluding hydrogens is 1030 g/mol. The zero-order valence-electron chi connectivity index (χ0n) is 54.6. The molecule has 2 atom stereocenters. The first-order valence-corrected chi connectivity index (χ1v) is 38.0. The standard InChI is InChI=1S/C71H142NO8P/c1-3-5-7-9-11-13-15-17-19-21-23-25-27-29-31-33-35-37-39-41-43-45-47-49-51-53-55-57-59-61-63-70(73)77-67-69(68-79-81(75,76)78-66-65-72)80-71(74)64-62-60-58-56-54-52-50-48-46-44-42-40-38-36-34-32-30-28-26-24-22-20-18-16-14-12-10-8-6-4-2/h69H,3-68,72H2,1-2H3,(H,75,76)/t69-/m1/s1. The lowest BCUT2D eigenvalue weighted by Crippen LogP contribution is -2.29. The number of carbonyl (C=O) groups excluding carboxylic acids is 2. The zero-order chi connectivity index (χ0) is 58.7. The third kappa shape index (κ3) is 68.0. The van der Waals surface area contributed by atoms with Gasteiger partial charge in [-0.25, -0.2) is 4.57 Å². The van der Waals surface area contributed by atoms with E-state index in [1.165, 1.54) is 347 Å². The van der Waals surface area contributed by atoms with Gasteiger partial charge in [-0.3, -0.25) is 18.6 Å². The van der Waals surface area contributed by atoms with Gasteiger partial charge in [0.1, 0.15) is 6.61 Å². The summed E-state index contributed by atoms with van der Waals surface area (Å²) in [6, 6.07) is 0. The van der Waals surface area contributed by atoms with Crippen LogP contribution in [0.4, 0.5) is 0 Å². The van der Waals surface area contributed by atoms with Gasteiger partial charge in [-0.1, -0.05) is 386 Å². The van der Waals surface area contributed by atoms with Crippen LogP contribution in [-0.4, -0.2) is 49.3 Å². The maximum Gasteiger partial charge on any atom is 0.472 e. The lowest BCUT2D eigenvalue weighted by atomic mass is 10.0. The summed E-state index contributed by atoms with van der Waals surface area (Å²) in [7, 11) is -4.39. The summed E-state index contributed by atoms with van der Waals surface area (Å²) < 4.78 is 33.2. The van der Waals surface area contributed by atoms with Gasteiger partial charge in [0, 0.05) is 19.4 Å². The topological polar surface area (TPSA) is 134 Å². The molecule has 0 aliphatic heterocycles. The molecule has 484 valence electrons. The average molecular weight is 1170 g/mol. The molecule has 0 aliphatic carbocycles. The Morgan fingerprint density at radius 1 is 0.321 bits per heavy atom. The fraction of sp³-hybridized carbons (Fsp3) is 0.972. The molecule has 0 rings (SSSR count). The number of unbranched alkanes of at least 4 members (excludes halogenated alkanes) is 58. The van der Waals surface area contributed by atoms with Crippen molar-refractivity contribution in [3.8, 4) is 0 Å². The van der Waals surface area contributed by atoms with Crippen molar-refractivity contribution in [3.05, 3.63) is 0 Å². The molecule has 0 spiro atoms. The molecule has 0 aliphatic rings. The second-order valence-corrected chi connectivity index (χ2v) is 26.6. The molecule has 10 heteroatoms. The first kappa shape index (κ1) is 80.0. The smallest absolute Gasteiger partial charge is 0.462 e. The number of phosphoric ester groups is 1. The largest absolute Gasteiger partial charge is 0.472 e. The van der Waals surface area contributed by atoms with Crippen LogP contribution in [0.15, 0.2) is 0 Å². The minimum atomic E-state index is -4.39. The minimum Gasteiger partial charge on any atom is -0.462 e. The van der Waals surface area contributed by atoms with E-state index < -0.39 is 26.5 Å². The van der Waals surface area contributed by atoms with Crippen LogP contribution < -0.4 is 5.73 Å². The van der Waals surface area contributed by atoms with Gasteiger partial charge < -0.3 is 20.1 Å². The minimum absolute atomic E-state index is 0.0589. The molecule has 0 heterocycles. The Morgan fingerprint density at radius 3 is 0.753 bits per heavy atom. The maximum absolute atomic E-state index is 12.8. The third-order valence-electron chi connectivity index (χ3n) is 17.0. The molecule has 81 heavy (non-hydrogen) atoms. The van der Waals surface area contributed by atoms with Gasteiger partial charge in [0.05, 0.1) is 13.2 Å². The molecule has 1 unspecified atom stereocenters. The number of ether oxygens (including phenoxy) is 2. The number of hydrogen-bond donors (Lipinski definition) is 2. The molecule has 0 saturated heterocycles. The number of phosphoric acid groups is 1. The van der Waals surface area contributed by atoms with E-state index in [1.54, 1.807) is 0 Å². The van der Waals surface area contributed by atoms with Crippen molar-refractivity contribution in [2.45, 2.75) is 418 Å². The second kappa shape index (κ2) is 68.1. The van der Waals surface area contributed by atoms with E-state index in [0.29, 0.717) is 12.8 Å². The van der Waals surface area contributed by atoms with E-state index in [-0.39, 0.29) is 32.1 Å². The van der Waals surface area contributed by atoms with Gasteiger partial charge in [-0.2, -0.15) is 0 Å². The molecule has 0 bridgehead atoms. The van der Waals surface area contributed by atoms with E-state index in [4.69, 9.17) is 24.3 Å². The zero-order valence-corrected chi connectivity index (χ0v) is 55.5.